The summed E-state index contributed by atoms with van der Waals surface area (Å²) in [6, 6.07) is 7.64. The van der Waals surface area contributed by atoms with Gasteiger partial charge in [-0.1, -0.05) is 12.1 Å². The molecule has 27 heavy (non-hydrogen) atoms. The van der Waals surface area contributed by atoms with Gasteiger partial charge < -0.3 is 15.0 Å². The number of thiazole rings is 1. The third-order valence-electron chi connectivity index (χ3n) is 4.83. The number of para-hydroxylation sites is 1. The lowest BCUT2D eigenvalue weighted by atomic mass is 10.0. The first kappa shape index (κ1) is 18.1. The molecule has 0 saturated heterocycles. The van der Waals surface area contributed by atoms with Gasteiger partial charge in [-0.15, -0.1) is 22.7 Å². The summed E-state index contributed by atoms with van der Waals surface area (Å²) in [5.41, 5.74) is 2.32. The lowest BCUT2D eigenvalue weighted by Crippen LogP contribution is -3.11. The summed E-state index contributed by atoms with van der Waals surface area (Å²) in [5, 5.41) is 3.86. The highest BCUT2D eigenvalue weighted by atomic mass is 32.1. The molecule has 2 N–H and O–H groups in total. The Morgan fingerprint density at radius 3 is 2.85 bits per heavy atom. The molecule has 140 valence electrons. The van der Waals surface area contributed by atoms with Crippen LogP contribution in [-0.2, 0) is 17.7 Å². The Balaban J connectivity index is 1.67. The number of nitrogens with one attached hydrogen (secondary N) is 2. The molecule has 1 atom stereocenters. The number of aromatic nitrogens is 1. The third kappa shape index (κ3) is 3.36. The number of carbonyl (C=O) groups excluding carboxylic acids is 2. The van der Waals surface area contributed by atoms with E-state index in [0.29, 0.717) is 15.6 Å². The number of likely N-dealkylation sites (N-methyl/N-ethyl adjacent to an activating group) is 1. The fraction of sp³-hybridized carbons (Fsp3) is 0.316. The van der Waals surface area contributed by atoms with E-state index in [2.05, 4.69) is 17.2 Å². The van der Waals surface area contributed by atoms with Gasteiger partial charge in [0.1, 0.15) is 11.5 Å². The average Bonchev–Trinajstić information content (AvgIpc) is 3.27. The van der Waals surface area contributed by atoms with Crippen molar-refractivity contribution in [2.75, 3.05) is 25.5 Å². The normalized spacial score (nSPS) is 16.1. The number of quaternary nitrogens is 1. The minimum absolute atomic E-state index is 0.292. The molecule has 1 amide bonds. The third-order valence-corrected chi connectivity index (χ3v) is 7.02. The van der Waals surface area contributed by atoms with Crippen molar-refractivity contribution in [3.8, 4) is 0 Å². The van der Waals surface area contributed by atoms with Gasteiger partial charge in [0.15, 0.2) is 5.01 Å². The van der Waals surface area contributed by atoms with Gasteiger partial charge in [-0.25, -0.2) is 9.78 Å². The second kappa shape index (κ2) is 7.38. The zero-order valence-corrected chi connectivity index (χ0v) is 16.8. The summed E-state index contributed by atoms with van der Waals surface area (Å²) < 4.78 is 5.95. The molecular formula is C19H20N3O3S2+. The summed E-state index contributed by atoms with van der Waals surface area (Å²) in [7, 11) is 1.37. The highest BCUT2D eigenvalue weighted by molar-refractivity contribution is 7.20. The highest BCUT2D eigenvalue weighted by Crippen LogP contribution is 2.36. The van der Waals surface area contributed by atoms with Crippen LogP contribution in [0.4, 0.5) is 5.00 Å². The lowest BCUT2D eigenvalue weighted by molar-refractivity contribution is -0.913. The van der Waals surface area contributed by atoms with Crippen molar-refractivity contribution >= 4 is 49.8 Å². The Labute approximate surface area is 164 Å². The molecule has 1 unspecified atom stereocenters. The number of ether oxygens (including phenoxy) is 1. The van der Waals surface area contributed by atoms with Crippen LogP contribution in [0.1, 0.15) is 37.5 Å². The van der Waals surface area contributed by atoms with Crippen LogP contribution >= 0.6 is 22.7 Å². The Morgan fingerprint density at radius 1 is 1.30 bits per heavy atom. The van der Waals surface area contributed by atoms with Crippen LogP contribution in [0.3, 0.4) is 0 Å². The average molecular weight is 403 g/mol. The molecule has 2 aromatic heterocycles. The Kier molecular flexibility index (Phi) is 4.94. The van der Waals surface area contributed by atoms with Gasteiger partial charge in [0.25, 0.3) is 5.91 Å². The maximum Gasteiger partial charge on any atom is 0.341 e. The Hall–Kier alpha value is -2.29. The molecule has 6 nitrogen and oxygen atoms in total. The van der Waals surface area contributed by atoms with Crippen molar-refractivity contribution in [2.45, 2.75) is 19.9 Å². The fourth-order valence-electron chi connectivity index (χ4n) is 3.37. The second-order valence-corrected chi connectivity index (χ2v) is 8.56. The lowest BCUT2D eigenvalue weighted by Gasteiger charge is -2.22. The van der Waals surface area contributed by atoms with E-state index < -0.39 is 5.97 Å². The van der Waals surface area contributed by atoms with E-state index in [1.165, 1.54) is 34.7 Å². The predicted octanol–water partition coefficient (Wildman–Crippen LogP) is 2.36. The van der Waals surface area contributed by atoms with Crippen molar-refractivity contribution in [1.29, 1.82) is 0 Å². The number of carbonyl (C=O) groups is 2. The monoisotopic (exact) mass is 402 g/mol. The molecular weight excluding hydrogens is 382 g/mol. The number of esters is 1. The molecule has 8 heteroatoms. The summed E-state index contributed by atoms with van der Waals surface area (Å²) in [4.78, 5) is 32.2. The summed E-state index contributed by atoms with van der Waals surface area (Å²) in [6.07, 6.45) is 0.816. The van der Waals surface area contributed by atoms with Crippen LogP contribution in [0.2, 0.25) is 0 Å². The molecule has 3 aromatic rings. The van der Waals surface area contributed by atoms with Crippen molar-refractivity contribution in [1.82, 2.24) is 4.98 Å². The summed E-state index contributed by atoms with van der Waals surface area (Å²) in [5.74, 6) is -0.688. The molecule has 1 aromatic carbocycles. The smallest absolute Gasteiger partial charge is 0.341 e. The first-order chi connectivity index (χ1) is 13.1. The van der Waals surface area contributed by atoms with Crippen LogP contribution in [-0.4, -0.2) is 37.1 Å². The van der Waals surface area contributed by atoms with Gasteiger partial charge in [-0.3, -0.25) is 4.79 Å². The molecule has 0 aliphatic carbocycles. The van der Waals surface area contributed by atoms with Gasteiger partial charge >= 0.3 is 5.97 Å². The van der Waals surface area contributed by atoms with Gasteiger partial charge in [0.2, 0.25) is 0 Å². The van der Waals surface area contributed by atoms with E-state index in [1.54, 1.807) is 0 Å². The van der Waals surface area contributed by atoms with Crippen LogP contribution < -0.4 is 10.2 Å². The molecule has 4 rings (SSSR count). The minimum atomic E-state index is -0.396. The molecule has 0 fully saturated rings. The highest BCUT2D eigenvalue weighted by Gasteiger charge is 2.31. The summed E-state index contributed by atoms with van der Waals surface area (Å²) >= 11 is 2.82. The molecule has 0 spiro atoms. The standard InChI is InChI=1S/C19H19N3O3S2/c1-3-22-9-8-11-14(10-22)27-17(15(11)19(24)25-2)21-16(23)18-20-12-6-4-5-7-13(12)26-18/h4-7H,3,8-10H2,1-2H3,(H,21,23)/p+1. The Morgan fingerprint density at radius 2 is 2.11 bits per heavy atom. The van der Waals surface area contributed by atoms with E-state index in [4.69, 9.17) is 4.74 Å². The van der Waals surface area contributed by atoms with Gasteiger partial charge in [-0.2, -0.15) is 0 Å². The Bertz CT molecular complexity index is 992. The quantitative estimate of drug-likeness (QED) is 0.657. The molecule has 0 radical (unpaired) electrons. The van der Waals surface area contributed by atoms with Gasteiger partial charge in [-0.05, 0) is 24.6 Å². The first-order valence-electron chi connectivity index (χ1n) is 8.84. The van der Waals surface area contributed by atoms with Crippen molar-refractivity contribution < 1.29 is 19.2 Å². The molecule has 0 bridgehead atoms. The maximum atomic E-state index is 12.8. The van der Waals surface area contributed by atoms with Crippen molar-refractivity contribution in [3.05, 3.63) is 45.3 Å². The van der Waals surface area contributed by atoms with Crippen LogP contribution in [0.25, 0.3) is 10.2 Å². The number of anilines is 1. The van der Waals surface area contributed by atoms with Crippen molar-refractivity contribution in [2.24, 2.45) is 0 Å². The molecule has 1 aliphatic heterocycles. The van der Waals surface area contributed by atoms with E-state index in [9.17, 15) is 9.59 Å². The number of methoxy groups -OCH3 is 1. The number of nitrogens with zero attached hydrogens (tertiary/aromatic N) is 1. The number of thiophene rings is 1. The van der Waals surface area contributed by atoms with Crippen LogP contribution in [0, 0.1) is 0 Å². The molecule has 3 heterocycles. The van der Waals surface area contributed by atoms with E-state index in [-0.39, 0.29) is 5.91 Å². The topological polar surface area (TPSA) is 72.7 Å². The summed E-state index contributed by atoms with van der Waals surface area (Å²) in [6.45, 7) is 5.05. The fourth-order valence-corrected chi connectivity index (χ4v) is 5.53. The van der Waals surface area contributed by atoms with E-state index in [1.807, 2.05) is 24.3 Å². The number of amides is 1. The van der Waals surface area contributed by atoms with Crippen molar-refractivity contribution in [3.63, 3.8) is 0 Å². The number of rotatable bonds is 4. The number of hydrogen-bond donors (Lipinski definition) is 2. The SMILES string of the molecule is CC[NH+]1CCc2c(sc(NC(=O)c3nc4ccccc4s3)c2C(=O)OC)C1. The van der Waals surface area contributed by atoms with Gasteiger partial charge in [0.05, 0.1) is 40.9 Å². The molecule has 1 aliphatic rings. The predicted molar refractivity (Wildman–Crippen MR) is 107 cm³/mol. The largest absolute Gasteiger partial charge is 0.465 e. The van der Waals surface area contributed by atoms with E-state index >= 15 is 0 Å². The molecule has 0 saturated carbocycles. The zero-order chi connectivity index (χ0) is 19.0. The number of hydrogen-bond acceptors (Lipinski definition) is 6. The maximum absolute atomic E-state index is 12.8. The second-order valence-electron chi connectivity index (χ2n) is 6.42. The van der Waals surface area contributed by atoms with Crippen LogP contribution in [0.15, 0.2) is 24.3 Å². The van der Waals surface area contributed by atoms with Gasteiger partial charge in [0, 0.05) is 6.42 Å². The van der Waals surface area contributed by atoms with E-state index in [0.717, 1.165) is 46.7 Å². The number of fused-ring (bicyclic) bond motifs is 2. The zero-order valence-electron chi connectivity index (χ0n) is 15.1. The number of benzene rings is 1. The van der Waals surface area contributed by atoms with Crippen LogP contribution in [0.5, 0.6) is 0 Å². The minimum Gasteiger partial charge on any atom is -0.465 e. The first-order valence-corrected chi connectivity index (χ1v) is 10.5.